The standard InChI is InChI=1S/C16H19NO3/c1-11-7-10-17(13(11)14(18)19)15(20)16(8-9-16)12-5-3-2-4-6-12/h2-6,11,13H,7-10H2,1H3,(H,18,19). The van der Waals surface area contributed by atoms with Crippen molar-refractivity contribution in [2.24, 2.45) is 5.92 Å². The molecule has 4 nitrogen and oxygen atoms in total. The number of hydrogen-bond donors (Lipinski definition) is 1. The van der Waals surface area contributed by atoms with Gasteiger partial charge in [0.05, 0.1) is 5.41 Å². The summed E-state index contributed by atoms with van der Waals surface area (Å²) in [6, 6.07) is 9.08. The molecule has 1 saturated carbocycles. The summed E-state index contributed by atoms with van der Waals surface area (Å²) < 4.78 is 0. The van der Waals surface area contributed by atoms with Crippen molar-refractivity contribution in [2.45, 2.75) is 37.6 Å². The number of carbonyl (C=O) groups excluding carboxylic acids is 1. The first-order valence-electron chi connectivity index (χ1n) is 7.16. The Morgan fingerprint density at radius 3 is 2.45 bits per heavy atom. The molecule has 1 N–H and O–H groups in total. The lowest BCUT2D eigenvalue weighted by molar-refractivity contribution is -0.150. The van der Waals surface area contributed by atoms with Crippen LogP contribution in [0.15, 0.2) is 30.3 Å². The van der Waals surface area contributed by atoms with E-state index in [1.807, 2.05) is 37.3 Å². The van der Waals surface area contributed by atoms with Gasteiger partial charge in [0, 0.05) is 6.54 Å². The van der Waals surface area contributed by atoms with E-state index in [1.165, 1.54) is 0 Å². The molecule has 0 radical (unpaired) electrons. The van der Waals surface area contributed by atoms with Gasteiger partial charge < -0.3 is 10.0 Å². The van der Waals surface area contributed by atoms with Crippen LogP contribution in [0.25, 0.3) is 0 Å². The molecular weight excluding hydrogens is 254 g/mol. The highest BCUT2D eigenvalue weighted by atomic mass is 16.4. The lowest BCUT2D eigenvalue weighted by Crippen LogP contribution is -2.47. The van der Waals surface area contributed by atoms with E-state index in [1.54, 1.807) is 4.90 Å². The molecule has 1 aromatic rings. The Labute approximate surface area is 118 Å². The molecule has 1 aliphatic carbocycles. The number of benzene rings is 1. The third-order valence-corrected chi connectivity index (χ3v) is 4.70. The van der Waals surface area contributed by atoms with Crippen molar-refractivity contribution in [3.8, 4) is 0 Å². The fourth-order valence-corrected chi connectivity index (χ4v) is 3.33. The van der Waals surface area contributed by atoms with Crippen LogP contribution in [0.1, 0.15) is 31.7 Å². The third kappa shape index (κ3) is 1.90. The Morgan fingerprint density at radius 1 is 1.25 bits per heavy atom. The molecule has 0 bridgehead atoms. The van der Waals surface area contributed by atoms with Gasteiger partial charge in [0.1, 0.15) is 6.04 Å². The molecule has 1 aliphatic heterocycles. The van der Waals surface area contributed by atoms with Crippen LogP contribution < -0.4 is 0 Å². The summed E-state index contributed by atoms with van der Waals surface area (Å²) in [6.07, 6.45) is 2.42. The van der Waals surface area contributed by atoms with E-state index in [4.69, 9.17) is 0 Å². The van der Waals surface area contributed by atoms with Crippen LogP contribution in [-0.2, 0) is 15.0 Å². The van der Waals surface area contributed by atoms with E-state index in [0.29, 0.717) is 6.54 Å². The molecular formula is C16H19NO3. The molecule has 106 valence electrons. The van der Waals surface area contributed by atoms with Crippen LogP contribution in [0, 0.1) is 5.92 Å². The van der Waals surface area contributed by atoms with Gasteiger partial charge in [0.2, 0.25) is 5.91 Å². The summed E-state index contributed by atoms with van der Waals surface area (Å²) in [6.45, 7) is 2.47. The minimum Gasteiger partial charge on any atom is -0.480 e. The summed E-state index contributed by atoms with van der Waals surface area (Å²) >= 11 is 0. The third-order valence-electron chi connectivity index (χ3n) is 4.70. The number of carboxylic acid groups (broad SMARTS) is 1. The lowest BCUT2D eigenvalue weighted by atomic mass is 9.93. The van der Waals surface area contributed by atoms with Crippen molar-refractivity contribution >= 4 is 11.9 Å². The highest BCUT2D eigenvalue weighted by Crippen LogP contribution is 2.50. The van der Waals surface area contributed by atoms with Gasteiger partial charge in [-0.25, -0.2) is 4.79 Å². The second-order valence-electron chi connectivity index (χ2n) is 6.00. The monoisotopic (exact) mass is 273 g/mol. The Kier molecular flexibility index (Phi) is 3.04. The number of nitrogens with zero attached hydrogens (tertiary/aromatic N) is 1. The number of amides is 1. The zero-order valence-corrected chi connectivity index (χ0v) is 11.6. The topological polar surface area (TPSA) is 57.6 Å². The lowest BCUT2D eigenvalue weighted by Gasteiger charge is -2.28. The van der Waals surface area contributed by atoms with Crippen molar-refractivity contribution in [3.63, 3.8) is 0 Å². The van der Waals surface area contributed by atoms with E-state index in [0.717, 1.165) is 24.8 Å². The van der Waals surface area contributed by atoms with Crippen LogP contribution in [0.3, 0.4) is 0 Å². The summed E-state index contributed by atoms with van der Waals surface area (Å²) in [5.74, 6) is -0.851. The van der Waals surface area contributed by atoms with Crippen molar-refractivity contribution in [1.29, 1.82) is 0 Å². The first kappa shape index (κ1) is 13.2. The zero-order chi connectivity index (χ0) is 14.3. The van der Waals surface area contributed by atoms with Crippen molar-refractivity contribution in [1.82, 2.24) is 4.90 Å². The second kappa shape index (κ2) is 4.62. The van der Waals surface area contributed by atoms with Crippen LogP contribution in [0.5, 0.6) is 0 Å². The highest BCUT2D eigenvalue weighted by molar-refractivity contribution is 5.94. The number of carbonyl (C=O) groups is 2. The van der Waals surface area contributed by atoms with Crippen LogP contribution in [0.2, 0.25) is 0 Å². The second-order valence-corrected chi connectivity index (χ2v) is 6.00. The SMILES string of the molecule is CC1CCN(C(=O)C2(c3ccccc3)CC2)C1C(=O)O. The van der Waals surface area contributed by atoms with Crippen molar-refractivity contribution in [2.75, 3.05) is 6.54 Å². The van der Waals surface area contributed by atoms with E-state index in [2.05, 4.69) is 0 Å². The van der Waals surface area contributed by atoms with E-state index in [-0.39, 0.29) is 11.8 Å². The average Bonchev–Trinajstić information content (AvgIpc) is 3.16. The number of likely N-dealkylation sites (tertiary alicyclic amines) is 1. The molecule has 2 aliphatic rings. The highest BCUT2D eigenvalue weighted by Gasteiger charge is 2.55. The van der Waals surface area contributed by atoms with E-state index >= 15 is 0 Å². The maximum atomic E-state index is 12.9. The molecule has 2 atom stereocenters. The minimum atomic E-state index is -0.882. The minimum absolute atomic E-state index is 0.000417. The molecule has 2 unspecified atom stereocenters. The molecule has 0 spiro atoms. The molecule has 1 heterocycles. The van der Waals surface area contributed by atoms with Gasteiger partial charge in [0.15, 0.2) is 0 Å². The largest absolute Gasteiger partial charge is 0.480 e. The maximum absolute atomic E-state index is 12.9. The Balaban J connectivity index is 1.88. The van der Waals surface area contributed by atoms with Gasteiger partial charge in [-0.05, 0) is 30.7 Å². The van der Waals surface area contributed by atoms with Gasteiger partial charge in [0.25, 0.3) is 0 Å². The predicted molar refractivity (Wildman–Crippen MR) is 74.3 cm³/mol. The maximum Gasteiger partial charge on any atom is 0.326 e. The van der Waals surface area contributed by atoms with Gasteiger partial charge >= 0.3 is 5.97 Å². The molecule has 4 heteroatoms. The van der Waals surface area contributed by atoms with E-state index < -0.39 is 17.4 Å². The molecule has 1 amide bonds. The number of carboxylic acids is 1. The van der Waals surface area contributed by atoms with Gasteiger partial charge in [-0.2, -0.15) is 0 Å². The predicted octanol–water partition coefficient (Wildman–Crippen LogP) is 2.04. The number of aliphatic carboxylic acids is 1. The quantitative estimate of drug-likeness (QED) is 0.917. The summed E-state index contributed by atoms with van der Waals surface area (Å²) in [5, 5.41) is 9.37. The van der Waals surface area contributed by atoms with Crippen LogP contribution in [-0.4, -0.2) is 34.5 Å². The molecule has 1 saturated heterocycles. The molecule has 2 fully saturated rings. The van der Waals surface area contributed by atoms with Crippen molar-refractivity contribution < 1.29 is 14.7 Å². The zero-order valence-electron chi connectivity index (χ0n) is 11.6. The fourth-order valence-electron chi connectivity index (χ4n) is 3.33. The number of rotatable bonds is 3. The van der Waals surface area contributed by atoms with Gasteiger partial charge in [-0.3, -0.25) is 4.79 Å². The summed E-state index contributed by atoms with van der Waals surface area (Å²) in [7, 11) is 0. The Morgan fingerprint density at radius 2 is 1.90 bits per heavy atom. The van der Waals surface area contributed by atoms with E-state index in [9.17, 15) is 14.7 Å². The van der Waals surface area contributed by atoms with Gasteiger partial charge in [-0.1, -0.05) is 37.3 Å². The molecule has 1 aromatic carbocycles. The summed E-state index contributed by atoms with van der Waals surface area (Å²) in [4.78, 5) is 25.9. The first-order chi connectivity index (χ1) is 9.56. The molecule has 3 rings (SSSR count). The average molecular weight is 273 g/mol. The van der Waals surface area contributed by atoms with Gasteiger partial charge in [-0.15, -0.1) is 0 Å². The smallest absolute Gasteiger partial charge is 0.326 e. The Bertz CT molecular complexity index is 536. The fraction of sp³-hybridized carbons (Fsp3) is 0.500. The number of hydrogen-bond acceptors (Lipinski definition) is 2. The van der Waals surface area contributed by atoms with Crippen molar-refractivity contribution in [3.05, 3.63) is 35.9 Å². The van der Waals surface area contributed by atoms with Crippen LogP contribution >= 0.6 is 0 Å². The first-order valence-corrected chi connectivity index (χ1v) is 7.16. The summed E-state index contributed by atoms with van der Waals surface area (Å²) in [5.41, 5.74) is 0.563. The normalized spacial score (nSPS) is 27.4. The molecule has 20 heavy (non-hydrogen) atoms. The molecule has 0 aromatic heterocycles. The van der Waals surface area contributed by atoms with Crippen LogP contribution in [0.4, 0.5) is 0 Å². The Hall–Kier alpha value is -1.84.